The summed E-state index contributed by atoms with van der Waals surface area (Å²) in [5.74, 6) is -1.37. The molecule has 0 radical (unpaired) electrons. The molecule has 0 saturated heterocycles. The smallest absolute Gasteiger partial charge is 0.151 e. The Hall–Kier alpha value is -1.36. The molecule has 1 aromatic carbocycles. The highest BCUT2D eigenvalue weighted by Crippen LogP contribution is 2.26. The van der Waals surface area contributed by atoms with E-state index < -0.39 is 11.6 Å². The fraction of sp³-hybridized carbons (Fsp3) is 0.455. The monoisotopic (exact) mass is 230 g/mol. The predicted molar refractivity (Wildman–Crippen MR) is 60.5 cm³/mol. The molecule has 0 atom stereocenters. The van der Waals surface area contributed by atoms with E-state index in [4.69, 9.17) is 10.5 Å². The van der Waals surface area contributed by atoms with Crippen molar-refractivity contribution >= 4 is 11.4 Å². The largest absolute Gasteiger partial charge is 0.395 e. The second-order valence-corrected chi connectivity index (χ2v) is 3.44. The van der Waals surface area contributed by atoms with Crippen molar-refractivity contribution in [2.24, 2.45) is 0 Å². The van der Waals surface area contributed by atoms with E-state index in [1.165, 1.54) is 6.07 Å². The van der Waals surface area contributed by atoms with Gasteiger partial charge in [-0.15, -0.1) is 0 Å². The zero-order valence-electron chi connectivity index (χ0n) is 9.46. The van der Waals surface area contributed by atoms with Gasteiger partial charge in [-0.2, -0.15) is 0 Å². The lowest BCUT2D eigenvalue weighted by atomic mass is 10.2. The van der Waals surface area contributed by atoms with Crippen molar-refractivity contribution in [3.05, 3.63) is 23.8 Å². The maximum atomic E-state index is 13.2. The molecular formula is C11H16F2N2O. The highest BCUT2D eigenvalue weighted by molar-refractivity contribution is 5.67. The molecule has 0 aliphatic rings. The van der Waals surface area contributed by atoms with E-state index in [1.807, 2.05) is 6.92 Å². The van der Waals surface area contributed by atoms with E-state index in [9.17, 15) is 8.78 Å². The van der Waals surface area contributed by atoms with Gasteiger partial charge >= 0.3 is 0 Å². The average Bonchev–Trinajstić information content (AvgIpc) is 2.23. The van der Waals surface area contributed by atoms with Crippen LogP contribution in [0.25, 0.3) is 0 Å². The summed E-state index contributed by atoms with van der Waals surface area (Å²) in [6.07, 6.45) is 0. The van der Waals surface area contributed by atoms with Gasteiger partial charge in [0.15, 0.2) is 5.82 Å². The fourth-order valence-electron chi connectivity index (χ4n) is 1.35. The summed E-state index contributed by atoms with van der Waals surface area (Å²) in [7, 11) is 1.71. The first-order chi connectivity index (χ1) is 7.56. The quantitative estimate of drug-likeness (QED) is 0.621. The minimum Gasteiger partial charge on any atom is -0.395 e. The lowest BCUT2D eigenvalue weighted by Gasteiger charge is -2.21. The first-order valence-electron chi connectivity index (χ1n) is 5.09. The molecule has 0 unspecified atom stereocenters. The van der Waals surface area contributed by atoms with Gasteiger partial charge < -0.3 is 15.4 Å². The van der Waals surface area contributed by atoms with Crippen LogP contribution in [-0.4, -0.2) is 26.8 Å². The zero-order valence-corrected chi connectivity index (χ0v) is 9.46. The Kier molecular flexibility index (Phi) is 4.49. The molecule has 0 bridgehead atoms. The first kappa shape index (κ1) is 12.7. The number of nitrogens with zero attached hydrogens (tertiary/aromatic N) is 1. The van der Waals surface area contributed by atoms with Gasteiger partial charge in [-0.25, -0.2) is 8.78 Å². The summed E-state index contributed by atoms with van der Waals surface area (Å²) < 4.78 is 31.3. The van der Waals surface area contributed by atoms with Crippen molar-refractivity contribution in [3.8, 4) is 0 Å². The topological polar surface area (TPSA) is 38.5 Å². The van der Waals surface area contributed by atoms with Crippen LogP contribution in [0.15, 0.2) is 12.1 Å². The Morgan fingerprint density at radius 2 is 2.06 bits per heavy atom. The third-order valence-electron chi connectivity index (χ3n) is 2.26. The van der Waals surface area contributed by atoms with Crippen LogP contribution in [0.3, 0.4) is 0 Å². The number of nitrogen functional groups attached to an aromatic ring is 1. The van der Waals surface area contributed by atoms with E-state index in [1.54, 1.807) is 11.9 Å². The van der Waals surface area contributed by atoms with Crippen LogP contribution in [0, 0.1) is 11.6 Å². The second-order valence-electron chi connectivity index (χ2n) is 3.44. The molecule has 0 aliphatic carbocycles. The minimum absolute atomic E-state index is 0.0413. The lowest BCUT2D eigenvalue weighted by molar-refractivity contribution is 0.154. The number of hydrogen-bond donors (Lipinski definition) is 1. The van der Waals surface area contributed by atoms with Gasteiger partial charge in [-0.1, -0.05) is 0 Å². The number of anilines is 2. The van der Waals surface area contributed by atoms with Crippen LogP contribution < -0.4 is 10.6 Å². The van der Waals surface area contributed by atoms with Crippen molar-refractivity contribution in [2.45, 2.75) is 6.92 Å². The molecule has 0 amide bonds. The average molecular weight is 230 g/mol. The Morgan fingerprint density at radius 1 is 1.38 bits per heavy atom. The van der Waals surface area contributed by atoms with Crippen molar-refractivity contribution in [1.29, 1.82) is 0 Å². The third kappa shape index (κ3) is 3.06. The van der Waals surface area contributed by atoms with Gasteiger partial charge in [-0.05, 0) is 13.0 Å². The van der Waals surface area contributed by atoms with Crippen molar-refractivity contribution < 1.29 is 13.5 Å². The van der Waals surface area contributed by atoms with E-state index in [2.05, 4.69) is 0 Å². The predicted octanol–water partition coefficient (Wildman–Crippen LogP) is 2.02. The van der Waals surface area contributed by atoms with Crippen molar-refractivity contribution in [2.75, 3.05) is 37.4 Å². The second kappa shape index (κ2) is 5.65. The van der Waals surface area contributed by atoms with Gasteiger partial charge in [0.25, 0.3) is 0 Å². The Balaban J connectivity index is 2.78. The molecule has 2 N–H and O–H groups in total. The number of hydrogen-bond acceptors (Lipinski definition) is 3. The molecule has 0 aliphatic heterocycles. The highest BCUT2D eigenvalue weighted by Gasteiger charge is 2.11. The standard InChI is InChI=1S/C11H16F2N2O/c1-3-16-5-4-15(2)10-7-8(12)6-9(13)11(10)14/h6-7H,3-5,14H2,1-2H3. The molecule has 0 spiro atoms. The summed E-state index contributed by atoms with van der Waals surface area (Å²) in [6.45, 7) is 3.52. The number of rotatable bonds is 5. The maximum absolute atomic E-state index is 13.2. The molecule has 0 heterocycles. The Morgan fingerprint density at radius 3 is 2.69 bits per heavy atom. The normalized spacial score (nSPS) is 10.5. The molecule has 0 aromatic heterocycles. The summed E-state index contributed by atoms with van der Waals surface area (Å²) in [5, 5.41) is 0. The van der Waals surface area contributed by atoms with E-state index in [0.29, 0.717) is 25.4 Å². The summed E-state index contributed by atoms with van der Waals surface area (Å²) in [5.41, 5.74) is 5.84. The molecule has 16 heavy (non-hydrogen) atoms. The third-order valence-corrected chi connectivity index (χ3v) is 2.26. The number of ether oxygens (including phenoxy) is 1. The molecule has 1 aromatic rings. The van der Waals surface area contributed by atoms with Crippen molar-refractivity contribution in [1.82, 2.24) is 0 Å². The summed E-state index contributed by atoms with van der Waals surface area (Å²) >= 11 is 0. The number of nitrogens with two attached hydrogens (primary N) is 1. The molecule has 0 fully saturated rings. The molecule has 3 nitrogen and oxygen atoms in total. The van der Waals surface area contributed by atoms with E-state index >= 15 is 0 Å². The van der Waals surface area contributed by atoms with Gasteiger partial charge in [0.05, 0.1) is 18.0 Å². The molecule has 90 valence electrons. The van der Waals surface area contributed by atoms with E-state index in [0.717, 1.165) is 6.07 Å². The molecule has 5 heteroatoms. The van der Waals surface area contributed by atoms with Crippen LogP contribution in [0.2, 0.25) is 0 Å². The summed E-state index contributed by atoms with van der Waals surface area (Å²) in [4.78, 5) is 1.66. The molecular weight excluding hydrogens is 214 g/mol. The minimum atomic E-state index is -0.738. The Bertz CT molecular complexity index is 358. The van der Waals surface area contributed by atoms with Crippen LogP contribution in [0.5, 0.6) is 0 Å². The zero-order chi connectivity index (χ0) is 12.1. The van der Waals surface area contributed by atoms with Crippen LogP contribution in [0.4, 0.5) is 20.2 Å². The van der Waals surface area contributed by atoms with Crippen molar-refractivity contribution in [3.63, 3.8) is 0 Å². The first-order valence-corrected chi connectivity index (χ1v) is 5.09. The molecule has 1 rings (SSSR count). The SMILES string of the molecule is CCOCCN(C)c1cc(F)cc(F)c1N. The van der Waals surface area contributed by atoms with Crippen LogP contribution in [-0.2, 0) is 4.74 Å². The highest BCUT2D eigenvalue weighted by atomic mass is 19.1. The molecule has 0 saturated carbocycles. The van der Waals surface area contributed by atoms with Gasteiger partial charge in [0.1, 0.15) is 5.82 Å². The summed E-state index contributed by atoms with van der Waals surface area (Å²) in [6, 6.07) is 1.99. The fourth-order valence-corrected chi connectivity index (χ4v) is 1.35. The van der Waals surface area contributed by atoms with Gasteiger partial charge in [0.2, 0.25) is 0 Å². The van der Waals surface area contributed by atoms with Crippen LogP contribution in [0.1, 0.15) is 6.92 Å². The van der Waals surface area contributed by atoms with E-state index in [-0.39, 0.29) is 5.69 Å². The maximum Gasteiger partial charge on any atom is 0.151 e. The van der Waals surface area contributed by atoms with Gasteiger partial charge in [0, 0.05) is 26.3 Å². The number of halogens is 2. The number of benzene rings is 1. The lowest BCUT2D eigenvalue weighted by Crippen LogP contribution is -2.24. The van der Waals surface area contributed by atoms with Gasteiger partial charge in [-0.3, -0.25) is 0 Å². The number of likely N-dealkylation sites (N-methyl/N-ethyl adjacent to an activating group) is 1. The van der Waals surface area contributed by atoms with Crippen LogP contribution >= 0.6 is 0 Å². The Labute approximate surface area is 93.8 Å².